The smallest absolute Gasteiger partial charge is 0.240 e. The Labute approximate surface area is 111 Å². The molecule has 6 nitrogen and oxygen atoms in total. The van der Waals surface area contributed by atoms with E-state index in [9.17, 15) is 5.11 Å². The summed E-state index contributed by atoms with van der Waals surface area (Å²) in [6, 6.07) is 5.32. The van der Waals surface area contributed by atoms with Gasteiger partial charge in [0.05, 0.1) is 13.7 Å². The molecule has 1 heterocycles. The van der Waals surface area contributed by atoms with E-state index in [1.165, 1.54) is 7.11 Å². The molecular weight excluding hydrogens is 246 g/mol. The maximum absolute atomic E-state index is 9.55. The van der Waals surface area contributed by atoms with Crippen LogP contribution in [-0.4, -0.2) is 22.4 Å². The molecule has 102 valence electrons. The van der Waals surface area contributed by atoms with Gasteiger partial charge in [-0.3, -0.25) is 0 Å². The Morgan fingerprint density at radius 1 is 1.47 bits per heavy atom. The number of aromatic hydroxyl groups is 1. The molecule has 0 amide bonds. The van der Waals surface area contributed by atoms with Crippen LogP contribution in [0, 0.1) is 6.92 Å². The van der Waals surface area contributed by atoms with Gasteiger partial charge in [0, 0.05) is 6.04 Å². The lowest BCUT2D eigenvalue weighted by atomic mass is 10.1. The fourth-order valence-electron chi connectivity index (χ4n) is 1.73. The third-order valence-corrected chi connectivity index (χ3v) is 2.83. The summed E-state index contributed by atoms with van der Waals surface area (Å²) in [5, 5.41) is 16.5. The molecule has 0 spiro atoms. The Bertz CT molecular complexity index is 554. The van der Waals surface area contributed by atoms with Crippen LogP contribution >= 0.6 is 0 Å². The molecule has 0 aliphatic rings. The van der Waals surface area contributed by atoms with E-state index in [-0.39, 0.29) is 11.8 Å². The van der Waals surface area contributed by atoms with E-state index in [0.717, 1.165) is 5.56 Å². The molecule has 1 atom stereocenters. The van der Waals surface area contributed by atoms with Gasteiger partial charge >= 0.3 is 0 Å². The zero-order valence-corrected chi connectivity index (χ0v) is 11.2. The van der Waals surface area contributed by atoms with Crippen LogP contribution in [0.4, 0.5) is 0 Å². The molecule has 0 aliphatic carbocycles. The van der Waals surface area contributed by atoms with E-state index >= 15 is 0 Å². The summed E-state index contributed by atoms with van der Waals surface area (Å²) >= 11 is 0. The first kappa shape index (κ1) is 13.4. The summed E-state index contributed by atoms with van der Waals surface area (Å²) < 4.78 is 10.1. The molecular formula is C13H17N3O3. The number of nitrogens with zero attached hydrogens (tertiary/aromatic N) is 2. The summed E-state index contributed by atoms with van der Waals surface area (Å²) in [5.74, 6) is 1.76. The van der Waals surface area contributed by atoms with Crippen molar-refractivity contribution in [2.45, 2.75) is 26.4 Å². The molecule has 2 aromatic rings. The standard InChI is InChI=1S/C13H17N3O3/c1-8(14-7-13-15-9(2)16-19-13)10-4-5-11(17)12(6-10)18-3/h4-6,8,14,17H,7H2,1-3H3. The first-order chi connectivity index (χ1) is 9.10. The molecule has 1 aromatic heterocycles. The van der Waals surface area contributed by atoms with E-state index in [1.807, 2.05) is 13.0 Å². The van der Waals surface area contributed by atoms with Crippen LogP contribution in [0.2, 0.25) is 0 Å². The Balaban J connectivity index is 2.01. The van der Waals surface area contributed by atoms with Gasteiger partial charge in [0.15, 0.2) is 17.3 Å². The topological polar surface area (TPSA) is 80.4 Å². The van der Waals surface area contributed by atoms with Gasteiger partial charge in [-0.2, -0.15) is 4.98 Å². The Morgan fingerprint density at radius 2 is 2.26 bits per heavy atom. The minimum Gasteiger partial charge on any atom is -0.504 e. The molecule has 1 unspecified atom stereocenters. The number of nitrogens with one attached hydrogen (secondary N) is 1. The minimum absolute atomic E-state index is 0.0710. The Kier molecular flexibility index (Phi) is 4.01. The van der Waals surface area contributed by atoms with Crippen molar-refractivity contribution in [1.29, 1.82) is 0 Å². The van der Waals surface area contributed by atoms with Crippen molar-refractivity contribution in [2.24, 2.45) is 0 Å². The molecule has 0 bridgehead atoms. The predicted molar refractivity (Wildman–Crippen MR) is 68.9 cm³/mol. The van der Waals surface area contributed by atoms with Crippen LogP contribution < -0.4 is 10.1 Å². The summed E-state index contributed by atoms with van der Waals surface area (Å²) in [5.41, 5.74) is 1.01. The van der Waals surface area contributed by atoms with Crippen molar-refractivity contribution in [3.05, 3.63) is 35.5 Å². The van der Waals surface area contributed by atoms with Crippen molar-refractivity contribution in [3.63, 3.8) is 0 Å². The quantitative estimate of drug-likeness (QED) is 0.858. The average molecular weight is 263 g/mol. The van der Waals surface area contributed by atoms with E-state index in [1.54, 1.807) is 19.1 Å². The number of rotatable bonds is 5. The average Bonchev–Trinajstić information content (AvgIpc) is 2.82. The molecule has 19 heavy (non-hydrogen) atoms. The molecule has 2 rings (SSSR count). The number of hydrogen-bond acceptors (Lipinski definition) is 6. The highest BCUT2D eigenvalue weighted by molar-refractivity contribution is 5.42. The number of aromatic nitrogens is 2. The van der Waals surface area contributed by atoms with Crippen LogP contribution in [0.1, 0.15) is 30.2 Å². The normalized spacial score (nSPS) is 12.4. The highest BCUT2D eigenvalue weighted by Gasteiger charge is 2.10. The lowest BCUT2D eigenvalue weighted by Gasteiger charge is -2.14. The number of phenolic OH excluding ortho intramolecular Hbond substituents is 1. The second kappa shape index (κ2) is 5.71. The van der Waals surface area contributed by atoms with Crippen molar-refractivity contribution in [3.8, 4) is 11.5 Å². The molecule has 0 aliphatic heterocycles. The summed E-state index contributed by atoms with van der Waals surface area (Å²) in [7, 11) is 1.53. The minimum atomic E-state index is 0.0710. The molecule has 1 aromatic carbocycles. The molecule has 6 heteroatoms. The summed E-state index contributed by atoms with van der Waals surface area (Å²) in [6.07, 6.45) is 0. The third kappa shape index (κ3) is 3.23. The van der Waals surface area contributed by atoms with Gasteiger partial charge in [-0.1, -0.05) is 11.2 Å². The second-order valence-corrected chi connectivity index (χ2v) is 4.27. The largest absolute Gasteiger partial charge is 0.504 e. The van der Waals surface area contributed by atoms with Crippen LogP contribution in [0.3, 0.4) is 0 Å². The molecule has 0 saturated carbocycles. The van der Waals surface area contributed by atoms with Crippen molar-refractivity contribution in [1.82, 2.24) is 15.5 Å². The molecule has 2 N–H and O–H groups in total. The highest BCUT2D eigenvalue weighted by atomic mass is 16.5. The van der Waals surface area contributed by atoms with Crippen LogP contribution in [0.5, 0.6) is 11.5 Å². The lowest BCUT2D eigenvalue weighted by Crippen LogP contribution is -2.18. The first-order valence-electron chi connectivity index (χ1n) is 5.99. The first-order valence-corrected chi connectivity index (χ1v) is 5.99. The zero-order chi connectivity index (χ0) is 13.8. The van der Waals surface area contributed by atoms with E-state index < -0.39 is 0 Å². The van der Waals surface area contributed by atoms with Gasteiger partial charge in [0.2, 0.25) is 5.89 Å². The van der Waals surface area contributed by atoms with Gasteiger partial charge in [0.25, 0.3) is 0 Å². The molecule has 0 saturated heterocycles. The van der Waals surface area contributed by atoms with Gasteiger partial charge < -0.3 is 19.7 Å². The number of benzene rings is 1. The highest BCUT2D eigenvalue weighted by Crippen LogP contribution is 2.28. The fourth-order valence-corrected chi connectivity index (χ4v) is 1.73. The number of aryl methyl sites for hydroxylation is 1. The monoisotopic (exact) mass is 263 g/mol. The maximum atomic E-state index is 9.55. The predicted octanol–water partition coefficient (Wildman–Crippen LogP) is 1.94. The third-order valence-electron chi connectivity index (χ3n) is 2.83. The Morgan fingerprint density at radius 3 is 2.89 bits per heavy atom. The maximum Gasteiger partial charge on any atom is 0.240 e. The summed E-state index contributed by atoms with van der Waals surface area (Å²) in [6.45, 7) is 4.28. The fraction of sp³-hybridized carbons (Fsp3) is 0.385. The number of methoxy groups -OCH3 is 1. The van der Waals surface area contributed by atoms with E-state index in [0.29, 0.717) is 24.0 Å². The van der Waals surface area contributed by atoms with E-state index in [4.69, 9.17) is 9.26 Å². The summed E-state index contributed by atoms with van der Waals surface area (Å²) in [4.78, 5) is 4.12. The number of hydrogen-bond donors (Lipinski definition) is 2. The van der Waals surface area contributed by atoms with Crippen LogP contribution in [0.25, 0.3) is 0 Å². The van der Waals surface area contributed by atoms with Gasteiger partial charge in [-0.05, 0) is 31.5 Å². The van der Waals surface area contributed by atoms with Crippen molar-refractivity contribution < 1.29 is 14.4 Å². The van der Waals surface area contributed by atoms with Crippen LogP contribution in [-0.2, 0) is 6.54 Å². The second-order valence-electron chi connectivity index (χ2n) is 4.27. The molecule has 0 radical (unpaired) electrons. The lowest BCUT2D eigenvalue weighted by molar-refractivity contribution is 0.356. The zero-order valence-electron chi connectivity index (χ0n) is 11.2. The van der Waals surface area contributed by atoms with Crippen molar-refractivity contribution in [2.75, 3.05) is 7.11 Å². The Hall–Kier alpha value is -2.08. The van der Waals surface area contributed by atoms with Gasteiger partial charge in [-0.25, -0.2) is 0 Å². The van der Waals surface area contributed by atoms with Crippen molar-refractivity contribution >= 4 is 0 Å². The van der Waals surface area contributed by atoms with E-state index in [2.05, 4.69) is 15.5 Å². The number of ether oxygens (including phenoxy) is 1. The van der Waals surface area contributed by atoms with Gasteiger partial charge in [-0.15, -0.1) is 0 Å². The van der Waals surface area contributed by atoms with Crippen LogP contribution in [0.15, 0.2) is 22.7 Å². The number of phenols is 1. The van der Waals surface area contributed by atoms with Gasteiger partial charge in [0.1, 0.15) is 0 Å². The SMILES string of the molecule is COc1cc(C(C)NCc2nc(C)no2)ccc1O. The molecule has 0 fully saturated rings.